The SMILES string of the molecule is CN(C)C(N)=NCc1ncn(Cc2cccc(F)c2)n1. The number of aliphatic imine (C=N–C) groups is 1. The fraction of sp³-hybridized carbons (Fsp3) is 0.308. The van der Waals surface area contributed by atoms with Gasteiger partial charge in [-0.1, -0.05) is 12.1 Å². The number of rotatable bonds is 4. The van der Waals surface area contributed by atoms with Crippen molar-refractivity contribution in [1.82, 2.24) is 19.7 Å². The molecule has 1 aromatic carbocycles. The Morgan fingerprint density at radius 3 is 2.95 bits per heavy atom. The van der Waals surface area contributed by atoms with Gasteiger partial charge in [-0.2, -0.15) is 5.10 Å². The Hall–Kier alpha value is -2.44. The van der Waals surface area contributed by atoms with E-state index in [1.54, 1.807) is 22.0 Å². The van der Waals surface area contributed by atoms with Crippen molar-refractivity contribution in [1.29, 1.82) is 0 Å². The summed E-state index contributed by atoms with van der Waals surface area (Å²) in [5, 5.41) is 4.27. The molecule has 0 amide bonds. The molecule has 20 heavy (non-hydrogen) atoms. The summed E-state index contributed by atoms with van der Waals surface area (Å²) in [4.78, 5) is 10.0. The van der Waals surface area contributed by atoms with E-state index < -0.39 is 0 Å². The number of nitrogens with two attached hydrogens (primary N) is 1. The minimum atomic E-state index is -0.258. The van der Waals surface area contributed by atoms with Crippen molar-refractivity contribution < 1.29 is 4.39 Å². The normalized spacial score (nSPS) is 11.7. The van der Waals surface area contributed by atoms with Gasteiger partial charge in [0.05, 0.1) is 6.54 Å². The molecular weight excluding hydrogens is 259 g/mol. The second-order valence-electron chi connectivity index (χ2n) is 4.56. The van der Waals surface area contributed by atoms with Crippen LogP contribution in [0.2, 0.25) is 0 Å². The van der Waals surface area contributed by atoms with Gasteiger partial charge in [-0.3, -0.25) is 0 Å². The number of hydrogen-bond acceptors (Lipinski definition) is 3. The maximum atomic E-state index is 13.1. The van der Waals surface area contributed by atoms with Gasteiger partial charge < -0.3 is 10.6 Å². The van der Waals surface area contributed by atoms with Crippen molar-refractivity contribution in [2.45, 2.75) is 13.1 Å². The van der Waals surface area contributed by atoms with Crippen molar-refractivity contribution in [2.75, 3.05) is 14.1 Å². The van der Waals surface area contributed by atoms with Crippen LogP contribution in [0.25, 0.3) is 0 Å². The number of nitrogens with zero attached hydrogens (tertiary/aromatic N) is 5. The molecule has 0 bridgehead atoms. The Kier molecular flexibility index (Phi) is 4.29. The predicted octanol–water partition coefficient (Wildman–Crippen LogP) is 0.842. The number of aromatic nitrogens is 3. The fourth-order valence-electron chi connectivity index (χ4n) is 1.60. The Balaban J connectivity index is 2.01. The van der Waals surface area contributed by atoms with Crippen LogP contribution in [0.5, 0.6) is 0 Å². The zero-order valence-electron chi connectivity index (χ0n) is 11.5. The van der Waals surface area contributed by atoms with E-state index in [0.717, 1.165) is 5.56 Å². The summed E-state index contributed by atoms with van der Waals surface area (Å²) < 4.78 is 14.7. The summed E-state index contributed by atoms with van der Waals surface area (Å²) in [6.45, 7) is 0.789. The second kappa shape index (κ2) is 6.14. The maximum absolute atomic E-state index is 13.1. The van der Waals surface area contributed by atoms with E-state index in [4.69, 9.17) is 5.73 Å². The van der Waals surface area contributed by atoms with Gasteiger partial charge in [0.1, 0.15) is 18.7 Å². The minimum absolute atomic E-state index is 0.258. The van der Waals surface area contributed by atoms with Crippen LogP contribution < -0.4 is 5.73 Å². The van der Waals surface area contributed by atoms with E-state index in [2.05, 4.69) is 15.1 Å². The van der Waals surface area contributed by atoms with Gasteiger partial charge in [-0.25, -0.2) is 19.0 Å². The fourth-order valence-corrected chi connectivity index (χ4v) is 1.60. The lowest BCUT2D eigenvalue weighted by molar-refractivity contribution is 0.606. The van der Waals surface area contributed by atoms with Crippen LogP contribution in [-0.4, -0.2) is 39.7 Å². The predicted molar refractivity (Wildman–Crippen MR) is 74.5 cm³/mol. The highest BCUT2D eigenvalue weighted by Crippen LogP contribution is 2.05. The van der Waals surface area contributed by atoms with Crippen LogP contribution in [0, 0.1) is 5.82 Å². The maximum Gasteiger partial charge on any atom is 0.191 e. The van der Waals surface area contributed by atoms with Gasteiger partial charge in [-0.05, 0) is 17.7 Å². The first kappa shape index (κ1) is 14.0. The highest BCUT2D eigenvalue weighted by molar-refractivity contribution is 5.77. The molecule has 0 atom stereocenters. The summed E-state index contributed by atoms with van der Waals surface area (Å²) in [5.41, 5.74) is 6.51. The van der Waals surface area contributed by atoms with E-state index in [-0.39, 0.29) is 5.82 Å². The molecule has 6 nitrogen and oxygen atoms in total. The van der Waals surface area contributed by atoms with E-state index in [1.807, 2.05) is 20.2 Å². The van der Waals surface area contributed by atoms with Gasteiger partial charge in [0.15, 0.2) is 11.8 Å². The number of hydrogen-bond donors (Lipinski definition) is 1. The molecule has 2 N–H and O–H groups in total. The molecule has 0 aliphatic heterocycles. The van der Waals surface area contributed by atoms with Crippen molar-refractivity contribution >= 4 is 5.96 Å². The first-order valence-electron chi connectivity index (χ1n) is 6.14. The van der Waals surface area contributed by atoms with Crippen LogP contribution >= 0.6 is 0 Å². The van der Waals surface area contributed by atoms with E-state index in [9.17, 15) is 4.39 Å². The number of halogens is 1. The Morgan fingerprint density at radius 2 is 2.25 bits per heavy atom. The number of benzene rings is 1. The van der Waals surface area contributed by atoms with Crippen molar-refractivity contribution in [3.63, 3.8) is 0 Å². The van der Waals surface area contributed by atoms with Crippen LogP contribution in [0.3, 0.4) is 0 Å². The minimum Gasteiger partial charge on any atom is -0.370 e. The molecule has 2 rings (SSSR count). The largest absolute Gasteiger partial charge is 0.370 e. The molecule has 0 aliphatic carbocycles. The van der Waals surface area contributed by atoms with Crippen molar-refractivity contribution in [3.05, 3.63) is 47.8 Å². The van der Waals surface area contributed by atoms with Gasteiger partial charge in [0, 0.05) is 14.1 Å². The van der Waals surface area contributed by atoms with Crippen molar-refractivity contribution in [3.8, 4) is 0 Å². The average molecular weight is 276 g/mol. The van der Waals surface area contributed by atoms with E-state index in [0.29, 0.717) is 24.9 Å². The van der Waals surface area contributed by atoms with Crippen LogP contribution in [0.4, 0.5) is 4.39 Å². The lowest BCUT2D eigenvalue weighted by atomic mass is 10.2. The third-order valence-electron chi connectivity index (χ3n) is 2.66. The zero-order valence-corrected chi connectivity index (χ0v) is 11.5. The smallest absolute Gasteiger partial charge is 0.191 e. The van der Waals surface area contributed by atoms with Gasteiger partial charge in [0.25, 0.3) is 0 Å². The van der Waals surface area contributed by atoms with Gasteiger partial charge in [-0.15, -0.1) is 0 Å². The van der Waals surface area contributed by atoms with E-state index >= 15 is 0 Å². The topological polar surface area (TPSA) is 72.3 Å². The first-order chi connectivity index (χ1) is 9.54. The van der Waals surface area contributed by atoms with Crippen molar-refractivity contribution in [2.24, 2.45) is 10.7 Å². The lowest BCUT2D eigenvalue weighted by Gasteiger charge is -2.09. The zero-order chi connectivity index (χ0) is 14.5. The Bertz CT molecular complexity index is 604. The Morgan fingerprint density at radius 1 is 1.45 bits per heavy atom. The summed E-state index contributed by atoms with van der Waals surface area (Å²) in [6.07, 6.45) is 1.60. The molecule has 106 valence electrons. The van der Waals surface area contributed by atoms with Crippen LogP contribution in [0.15, 0.2) is 35.6 Å². The molecule has 7 heteroatoms. The number of guanidine groups is 1. The standard InChI is InChI=1S/C13H17FN6/c1-19(2)13(15)16-7-12-17-9-20(18-12)8-10-4-3-5-11(14)6-10/h3-6,9H,7-8H2,1-2H3,(H2,15,16). The molecule has 1 aromatic heterocycles. The highest BCUT2D eigenvalue weighted by atomic mass is 19.1. The molecule has 2 aromatic rings. The molecule has 0 saturated heterocycles. The molecule has 1 heterocycles. The molecule has 0 saturated carbocycles. The Labute approximate surface area is 116 Å². The summed E-state index contributed by atoms with van der Waals surface area (Å²) in [6, 6.07) is 6.40. The van der Waals surface area contributed by atoms with Gasteiger partial charge in [0.2, 0.25) is 0 Å². The lowest BCUT2D eigenvalue weighted by Crippen LogP contribution is -2.30. The third kappa shape index (κ3) is 3.78. The third-order valence-corrected chi connectivity index (χ3v) is 2.66. The molecule has 0 spiro atoms. The summed E-state index contributed by atoms with van der Waals surface area (Å²) in [7, 11) is 3.63. The average Bonchev–Trinajstić information content (AvgIpc) is 2.83. The van der Waals surface area contributed by atoms with Gasteiger partial charge >= 0.3 is 0 Å². The molecule has 0 unspecified atom stereocenters. The summed E-state index contributed by atoms with van der Waals surface area (Å²) >= 11 is 0. The monoisotopic (exact) mass is 276 g/mol. The summed E-state index contributed by atoms with van der Waals surface area (Å²) in [5.74, 6) is 0.740. The molecule has 0 fully saturated rings. The molecule has 0 radical (unpaired) electrons. The molecular formula is C13H17FN6. The molecule has 0 aliphatic rings. The van der Waals surface area contributed by atoms with E-state index in [1.165, 1.54) is 12.1 Å². The van der Waals surface area contributed by atoms with Crippen LogP contribution in [-0.2, 0) is 13.1 Å². The first-order valence-corrected chi connectivity index (χ1v) is 6.14. The quantitative estimate of drug-likeness (QED) is 0.663. The highest BCUT2D eigenvalue weighted by Gasteiger charge is 2.03. The second-order valence-corrected chi connectivity index (χ2v) is 4.56. The van der Waals surface area contributed by atoms with Crippen LogP contribution in [0.1, 0.15) is 11.4 Å².